The number of para-hydroxylation sites is 1. The van der Waals surface area contributed by atoms with Crippen molar-refractivity contribution in [3.05, 3.63) is 29.8 Å². The van der Waals surface area contributed by atoms with Crippen molar-refractivity contribution in [1.29, 1.82) is 0 Å². The van der Waals surface area contributed by atoms with Crippen molar-refractivity contribution >= 4 is 11.9 Å². The second-order valence-electron chi connectivity index (χ2n) is 5.26. The van der Waals surface area contributed by atoms with Crippen molar-refractivity contribution in [2.45, 2.75) is 24.8 Å². The lowest BCUT2D eigenvalue weighted by molar-refractivity contribution is -0.145. The third-order valence-corrected chi connectivity index (χ3v) is 3.97. The highest BCUT2D eigenvalue weighted by molar-refractivity contribution is 5.83. The largest absolute Gasteiger partial charge is 0.508 e. The number of aliphatic carboxylic acids is 2. The van der Waals surface area contributed by atoms with E-state index in [-0.39, 0.29) is 18.6 Å². The molecule has 1 aliphatic rings. The molecule has 108 valence electrons. The quantitative estimate of drug-likeness (QED) is 0.612. The maximum Gasteiger partial charge on any atom is 0.324 e. The summed E-state index contributed by atoms with van der Waals surface area (Å²) in [6.45, 7) is 0. The van der Waals surface area contributed by atoms with E-state index >= 15 is 0 Å². The van der Waals surface area contributed by atoms with Gasteiger partial charge >= 0.3 is 11.9 Å². The first kappa shape index (κ1) is 14.3. The number of aromatic hydroxyl groups is 1. The summed E-state index contributed by atoms with van der Waals surface area (Å²) in [5.41, 5.74) is 4.97. The van der Waals surface area contributed by atoms with Crippen molar-refractivity contribution in [2.75, 3.05) is 0 Å². The monoisotopic (exact) mass is 279 g/mol. The molecule has 20 heavy (non-hydrogen) atoms. The third-order valence-electron chi connectivity index (χ3n) is 3.97. The van der Waals surface area contributed by atoms with Crippen molar-refractivity contribution in [3.8, 4) is 5.75 Å². The molecule has 3 unspecified atom stereocenters. The number of carboxylic acids is 2. The minimum absolute atomic E-state index is 0.0887. The van der Waals surface area contributed by atoms with Crippen LogP contribution in [0.25, 0.3) is 0 Å². The Labute approximate surface area is 115 Å². The Morgan fingerprint density at radius 1 is 1.30 bits per heavy atom. The highest BCUT2D eigenvalue weighted by atomic mass is 16.4. The van der Waals surface area contributed by atoms with E-state index < -0.39 is 29.3 Å². The van der Waals surface area contributed by atoms with Crippen LogP contribution in [0.4, 0.5) is 0 Å². The number of nitrogens with two attached hydrogens (primary N) is 1. The van der Waals surface area contributed by atoms with E-state index in [4.69, 9.17) is 10.8 Å². The maximum absolute atomic E-state index is 11.4. The Balaban J connectivity index is 2.09. The van der Waals surface area contributed by atoms with E-state index in [1.807, 2.05) is 0 Å². The van der Waals surface area contributed by atoms with Crippen LogP contribution in [0.2, 0.25) is 0 Å². The summed E-state index contributed by atoms with van der Waals surface area (Å²) in [6, 6.07) is 6.63. The molecule has 6 heteroatoms. The van der Waals surface area contributed by atoms with E-state index in [1.54, 1.807) is 18.2 Å². The molecule has 1 aromatic carbocycles. The normalized spacial score (nSPS) is 23.9. The van der Waals surface area contributed by atoms with Gasteiger partial charge in [0.05, 0.1) is 5.92 Å². The van der Waals surface area contributed by atoms with E-state index in [0.717, 1.165) is 0 Å². The van der Waals surface area contributed by atoms with Crippen LogP contribution in [0.1, 0.15) is 18.4 Å². The highest BCUT2D eigenvalue weighted by Crippen LogP contribution is 2.47. The molecule has 5 N–H and O–H groups in total. The van der Waals surface area contributed by atoms with Crippen LogP contribution in [0, 0.1) is 11.8 Å². The number of hydrogen-bond donors (Lipinski definition) is 4. The fourth-order valence-corrected chi connectivity index (χ4v) is 2.55. The number of carbonyl (C=O) groups is 2. The summed E-state index contributed by atoms with van der Waals surface area (Å²) in [6.07, 6.45) is 0.672. The van der Waals surface area contributed by atoms with Crippen LogP contribution in [-0.2, 0) is 16.0 Å². The molecular weight excluding hydrogens is 262 g/mol. The van der Waals surface area contributed by atoms with Crippen molar-refractivity contribution in [3.63, 3.8) is 0 Å². The van der Waals surface area contributed by atoms with Gasteiger partial charge in [0, 0.05) is 5.92 Å². The lowest BCUT2D eigenvalue weighted by Gasteiger charge is -2.25. The van der Waals surface area contributed by atoms with Crippen molar-refractivity contribution < 1.29 is 24.9 Å². The summed E-state index contributed by atoms with van der Waals surface area (Å²) in [7, 11) is 0. The summed E-state index contributed by atoms with van der Waals surface area (Å²) in [4.78, 5) is 22.3. The van der Waals surface area contributed by atoms with E-state index in [2.05, 4.69) is 0 Å². The van der Waals surface area contributed by atoms with Crippen LogP contribution < -0.4 is 5.73 Å². The highest BCUT2D eigenvalue weighted by Gasteiger charge is 2.58. The van der Waals surface area contributed by atoms with E-state index in [1.165, 1.54) is 6.07 Å². The summed E-state index contributed by atoms with van der Waals surface area (Å²) >= 11 is 0. The summed E-state index contributed by atoms with van der Waals surface area (Å²) in [5, 5.41) is 27.9. The number of rotatable bonds is 6. The first-order valence-corrected chi connectivity index (χ1v) is 6.38. The molecule has 6 nitrogen and oxygen atoms in total. The Kier molecular flexibility index (Phi) is 3.67. The van der Waals surface area contributed by atoms with Crippen molar-refractivity contribution in [2.24, 2.45) is 17.6 Å². The van der Waals surface area contributed by atoms with Crippen LogP contribution in [0.5, 0.6) is 5.75 Å². The Morgan fingerprint density at radius 3 is 2.45 bits per heavy atom. The Morgan fingerprint density at radius 2 is 1.95 bits per heavy atom. The standard InChI is InChI=1S/C14H17NO5/c15-14(13(19)20,10-7-9(10)12(17)18)6-5-8-3-1-2-4-11(8)16/h1-4,9-10,16H,5-7,15H2,(H,17,18)(H,19,20). The average molecular weight is 279 g/mol. The van der Waals surface area contributed by atoms with E-state index in [9.17, 15) is 19.8 Å². The second-order valence-corrected chi connectivity index (χ2v) is 5.26. The number of benzene rings is 1. The van der Waals surface area contributed by atoms with Gasteiger partial charge in [-0.1, -0.05) is 18.2 Å². The molecular formula is C14H17NO5. The van der Waals surface area contributed by atoms with Gasteiger partial charge < -0.3 is 21.1 Å². The molecule has 0 saturated heterocycles. The van der Waals surface area contributed by atoms with E-state index in [0.29, 0.717) is 12.0 Å². The Bertz CT molecular complexity index is 544. The van der Waals surface area contributed by atoms with Crippen LogP contribution in [-0.4, -0.2) is 32.8 Å². The fourth-order valence-electron chi connectivity index (χ4n) is 2.55. The smallest absolute Gasteiger partial charge is 0.324 e. The molecule has 1 aliphatic carbocycles. The van der Waals surface area contributed by atoms with Crippen LogP contribution in [0.15, 0.2) is 24.3 Å². The second kappa shape index (κ2) is 5.13. The number of phenols is 1. The first-order valence-electron chi connectivity index (χ1n) is 6.38. The SMILES string of the molecule is NC(CCc1ccccc1O)(C(=O)O)C1CC1C(=O)O. The molecule has 0 heterocycles. The van der Waals surface area contributed by atoms with Gasteiger partial charge in [0.2, 0.25) is 0 Å². The molecule has 0 spiro atoms. The Hall–Kier alpha value is -2.08. The molecule has 1 saturated carbocycles. The number of carboxylic acid groups (broad SMARTS) is 2. The zero-order valence-corrected chi connectivity index (χ0v) is 10.8. The zero-order chi connectivity index (χ0) is 14.9. The number of aryl methyl sites for hydroxylation is 1. The number of phenolic OH excluding ortho intramolecular Hbond substituents is 1. The van der Waals surface area contributed by atoms with Gasteiger partial charge in [-0.05, 0) is 30.9 Å². The van der Waals surface area contributed by atoms with Gasteiger partial charge in [0.15, 0.2) is 0 Å². The molecule has 2 rings (SSSR count). The molecule has 0 radical (unpaired) electrons. The topological polar surface area (TPSA) is 121 Å². The molecule has 0 aromatic heterocycles. The molecule has 1 aromatic rings. The summed E-state index contributed by atoms with van der Waals surface area (Å²) in [5.74, 6) is -3.34. The molecule has 0 aliphatic heterocycles. The van der Waals surface area contributed by atoms with Gasteiger partial charge in [-0.15, -0.1) is 0 Å². The summed E-state index contributed by atoms with van der Waals surface area (Å²) < 4.78 is 0. The van der Waals surface area contributed by atoms with Gasteiger partial charge in [-0.2, -0.15) is 0 Å². The molecule has 0 bridgehead atoms. The molecule has 0 amide bonds. The van der Waals surface area contributed by atoms with Gasteiger partial charge in [-0.25, -0.2) is 0 Å². The predicted octanol–water partition coefficient (Wildman–Crippen LogP) is 0.828. The minimum atomic E-state index is -1.56. The molecule has 1 fully saturated rings. The average Bonchev–Trinajstić information content (AvgIpc) is 3.18. The minimum Gasteiger partial charge on any atom is -0.508 e. The third kappa shape index (κ3) is 2.60. The maximum atomic E-state index is 11.4. The lowest BCUT2D eigenvalue weighted by atomic mass is 9.86. The van der Waals surface area contributed by atoms with Crippen LogP contribution >= 0.6 is 0 Å². The van der Waals surface area contributed by atoms with Gasteiger partial charge in [0.1, 0.15) is 11.3 Å². The number of hydrogen-bond acceptors (Lipinski definition) is 4. The van der Waals surface area contributed by atoms with Crippen LogP contribution in [0.3, 0.4) is 0 Å². The van der Waals surface area contributed by atoms with Gasteiger partial charge in [0.25, 0.3) is 0 Å². The zero-order valence-electron chi connectivity index (χ0n) is 10.8. The van der Waals surface area contributed by atoms with Gasteiger partial charge in [-0.3, -0.25) is 9.59 Å². The fraction of sp³-hybridized carbons (Fsp3) is 0.429. The first-order chi connectivity index (χ1) is 9.36. The molecule has 3 atom stereocenters. The van der Waals surface area contributed by atoms with Crippen molar-refractivity contribution in [1.82, 2.24) is 0 Å². The lowest BCUT2D eigenvalue weighted by Crippen LogP contribution is -2.51. The predicted molar refractivity (Wildman–Crippen MR) is 70.2 cm³/mol.